The predicted octanol–water partition coefficient (Wildman–Crippen LogP) is 1.05. The summed E-state index contributed by atoms with van der Waals surface area (Å²) in [6.07, 6.45) is 0. The largest absolute Gasteiger partial charge is 0.397 e. The van der Waals surface area contributed by atoms with Crippen LogP contribution in [0.3, 0.4) is 0 Å². The quantitative estimate of drug-likeness (QED) is 0.747. The fourth-order valence-electron chi connectivity index (χ4n) is 3.05. The Kier molecular flexibility index (Phi) is 6.95. The first-order valence-electron chi connectivity index (χ1n) is 9.12. The van der Waals surface area contributed by atoms with Crippen molar-refractivity contribution in [3.63, 3.8) is 0 Å². The number of aliphatic hydroxyl groups excluding tert-OH is 1. The van der Waals surface area contributed by atoms with Gasteiger partial charge in [-0.2, -0.15) is 9.97 Å². The number of aliphatic hydroxyl groups is 1. The second kappa shape index (κ2) is 9.41. The average Bonchev–Trinajstić information content (AvgIpc) is 2.69. The smallest absolute Gasteiger partial charge is 0.226 e. The van der Waals surface area contributed by atoms with E-state index in [1.807, 2.05) is 6.92 Å². The molecule has 0 aromatic carbocycles. The molecule has 27 heavy (non-hydrogen) atoms. The minimum Gasteiger partial charge on any atom is -0.397 e. The van der Waals surface area contributed by atoms with E-state index in [1.54, 1.807) is 6.92 Å². The van der Waals surface area contributed by atoms with Crippen molar-refractivity contribution in [2.75, 3.05) is 69.0 Å². The third-order valence-corrected chi connectivity index (χ3v) is 4.43. The number of aryl methyl sites for hydroxylation is 1. The standard InChI is InChI=1S/C15H19ClN6O2.C2H6O/c1-10-13(21-2-6-23-7-3-21)18-12-11(17-10)14(20-15(16)19-12)22-4-8-24-9-5-22;1-2-3/h2-9H2,1H3;3H,2H2,1H3. The summed E-state index contributed by atoms with van der Waals surface area (Å²) in [5.74, 6) is 1.57. The van der Waals surface area contributed by atoms with Crippen molar-refractivity contribution in [1.82, 2.24) is 19.9 Å². The molecule has 2 aromatic rings. The zero-order valence-corrected chi connectivity index (χ0v) is 16.4. The zero-order chi connectivity index (χ0) is 19.2. The minimum absolute atomic E-state index is 0.190. The van der Waals surface area contributed by atoms with Gasteiger partial charge in [-0.3, -0.25) is 0 Å². The monoisotopic (exact) mass is 396 g/mol. The molecular weight excluding hydrogens is 372 g/mol. The third-order valence-electron chi connectivity index (χ3n) is 4.26. The Labute approximate surface area is 163 Å². The van der Waals surface area contributed by atoms with Crippen LogP contribution in [-0.4, -0.2) is 84.3 Å². The number of morpholine rings is 2. The molecule has 2 aliphatic rings. The van der Waals surface area contributed by atoms with E-state index >= 15 is 0 Å². The number of aromatic nitrogens is 4. The van der Waals surface area contributed by atoms with Crippen molar-refractivity contribution in [1.29, 1.82) is 0 Å². The van der Waals surface area contributed by atoms with Gasteiger partial charge in [0.1, 0.15) is 0 Å². The molecular formula is C17H25ClN6O3. The van der Waals surface area contributed by atoms with Crippen LogP contribution in [0.4, 0.5) is 11.6 Å². The van der Waals surface area contributed by atoms with E-state index in [4.69, 9.17) is 36.1 Å². The Hall–Kier alpha value is -1.81. The molecule has 0 amide bonds. The Balaban J connectivity index is 0.000000659. The van der Waals surface area contributed by atoms with Crippen molar-refractivity contribution in [2.24, 2.45) is 0 Å². The van der Waals surface area contributed by atoms with Gasteiger partial charge in [0, 0.05) is 32.8 Å². The third kappa shape index (κ3) is 4.73. The lowest BCUT2D eigenvalue weighted by Crippen LogP contribution is -2.38. The van der Waals surface area contributed by atoms with E-state index in [1.165, 1.54) is 0 Å². The lowest BCUT2D eigenvalue weighted by molar-refractivity contribution is 0.122. The lowest BCUT2D eigenvalue weighted by Gasteiger charge is -2.30. The van der Waals surface area contributed by atoms with Crippen LogP contribution in [0.5, 0.6) is 0 Å². The molecule has 0 saturated carbocycles. The number of nitrogens with zero attached hydrogens (tertiary/aromatic N) is 6. The molecule has 10 heteroatoms. The van der Waals surface area contributed by atoms with Crippen LogP contribution in [-0.2, 0) is 9.47 Å². The van der Waals surface area contributed by atoms with Crippen LogP contribution >= 0.6 is 11.6 Å². The van der Waals surface area contributed by atoms with Gasteiger partial charge >= 0.3 is 0 Å². The molecule has 0 atom stereocenters. The fraction of sp³-hybridized carbons (Fsp3) is 0.647. The second-order valence-electron chi connectivity index (χ2n) is 6.14. The summed E-state index contributed by atoms with van der Waals surface area (Å²) in [6.45, 7) is 9.75. The fourth-order valence-corrected chi connectivity index (χ4v) is 3.21. The van der Waals surface area contributed by atoms with Crippen molar-refractivity contribution < 1.29 is 14.6 Å². The van der Waals surface area contributed by atoms with Crippen molar-refractivity contribution >= 4 is 34.4 Å². The number of halogens is 1. The average molecular weight is 397 g/mol. The van der Waals surface area contributed by atoms with Gasteiger partial charge in [-0.05, 0) is 25.4 Å². The summed E-state index contributed by atoms with van der Waals surface area (Å²) in [6, 6.07) is 0. The van der Waals surface area contributed by atoms with Crippen molar-refractivity contribution in [2.45, 2.75) is 13.8 Å². The molecule has 2 fully saturated rings. The topological polar surface area (TPSA) is 96.7 Å². The number of anilines is 2. The highest BCUT2D eigenvalue weighted by Gasteiger charge is 2.22. The summed E-state index contributed by atoms with van der Waals surface area (Å²) in [7, 11) is 0. The molecule has 4 rings (SSSR count). The van der Waals surface area contributed by atoms with Gasteiger partial charge in [-0.15, -0.1) is 0 Å². The Morgan fingerprint density at radius 3 is 1.96 bits per heavy atom. The first kappa shape index (κ1) is 19.9. The second-order valence-corrected chi connectivity index (χ2v) is 6.47. The molecule has 0 bridgehead atoms. The predicted molar refractivity (Wildman–Crippen MR) is 104 cm³/mol. The van der Waals surface area contributed by atoms with Crippen LogP contribution in [0.1, 0.15) is 12.6 Å². The zero-order valence-electron chi connectivity index (χ0n) is 15.7. The molecule has 2 saturated heterocycles. The number of rotatable bonds is 2. The van der Waals surface area contributed by atoms with Crippen LogP contribution in [0.25, 0.3) is 11.2 Å². The van der Waals surface area contributed by atoms with E-state index in [2.05, 4.69) is 19.8 Å². The maximum atomic E-state index is 7.57. The highest BCUT2D eigenvalue weighted by Crippen LogP contribution is 2.27. The van der Waals surface area contributed by atoms with Crippen molar-refractivity contribution in [3.05, 3.63) is 11.0 Å². The molecule has 0 unspecified atom stereocenters. The normalized spacial score (nSPS) is 17.6. The van der Waals surface area contributed by atoms with Crippen LogP contribution in [0.15, 0.2) is 0 Å². The van der Waals surface area contributed by atoms with Crippen LogP contribution in [0.2, 0.25) is 5.28 Å². The van der Waals surface area contributed by atoms with E-state index in [-0.39, 0.29) is 11.9 Å². The summed E-state index contributed by atoms with van der Waals surface area (Å²) in [5, 5.41) is 7.76. The van der Waals surface area contributed by atoms with Gasteiger partial charge < -0.3 is 24.4 Å². The van der Waals surface area contributed by atoms with E-state index in [0.717, 1.165) is 43.5 Å². The van der Waals surface area contributed by atoms with Gasteiger partial charge in [0.2, 0.25) is 5.28 Å². The SMILES string of the molecule is CCO.Cc1nc2c(N3CCOCC3)nc(Cl)nc2nc1N1CCOCC1. The number of fused-ring (bicyclic) bond motifs is 1. The van der Waals surface area contributed by atoms with Gasteiger partial charge in [0.25, 0.3) is 0 Å². The van der Waals surface area contributed by atoms with E-state index in [0.29, 0.717) is 37.6 Å². The number of hydrogen-bond acceptors (Lipinski definition) is 9. The molecule has 9 nitrogen and oxygen atoms in total. The summed E-state index contributed by atoms with van der Waals surface area (Å²) < 4.78 is 10.8. The van der Waals surface area contributed by atoms with Crippen LogP contribution in [0, 0.1) is 6.92 Å². The Morgan fingerprint density at radius 1 is 0.889 bits per heavy atom. The van der Waals surface area contributed by atoms with Crippen LogP contribution < -0.4 is 9.80 Å². The first-order valence-corrected chi connectivity index (χ1v) is 9.50. The minimum atomic E-state index is 0.190. The lowest BCUT2D eigenvalue weighted by atomic mass is 10.3. The van der Waals surface area contributed by atoms with Crippen molar-refractivity contribution in [3.8, 4) is 0 Å². The summed E-state index contributed by atoms with van der Waals surface area (Å²) >= 11 is 6.14. The molecule has 4 heterocycles. The molecule has 2 aromatic heterocycles. The van der Waals surface area contributed by atoms with Gasteiger partial charge in [-0.25, -0.2) is 9.97 Å². The Bertz CT molecular complexity index is 766. The number of ether oxygens (including phenoxy) is 2. The summed E-state index contributed by atoms with van der Waals surface area (Å²) in [5.41, 5.74) is 2.09. The van der Waals surface area contributed by atoms with Gasteiger partial charge in [-0.1, -0.05) is 0 Å². The van der Waals surface area contributed by atoms with Gasteiger partial charge in [0.15, 0.2) is 22.8 Å². The first-order chi connectivity index (χ1) is 13.1. The molecule has 2 aliphatic heterocycles. The van der Waals surface area contributed by atoms with Gasteiger partial charge in [0.05, 0.1) is 32.1 Å². The Morgan fingerprint density at radius 2 is 1.41 bits per heavy atom. The highest BCUT2D eigenvalue weighted by molar-refractivity contribution is 6.28. The van der Waals surface area contributed by atoms with E-state index in [9.17, 15) is 0 Å². The molecule has 1 N–H and O–H groups in total. The maximum absolute atomic E-state index is 7.57. The molecule has 0 aliphatic carbocycles. The maximum Gasteiger partial charge on any atom is 0.226 e. The number of hydrogen-bond donors (Lipinski definition) is 1. The molecule has 148 valence electrons. The summed E-state index contributed by atoms with van der Waals surface area (Å²) in [4.78, 5) is 22.5. The molecule has 0 spiro atoms. The molecule has 0 radical (unpaired) electrons. The van der Waals surface area contributed by atoms with E-state index < -0.39 is 0 Å². The highest BCUT2D eigenvalue weighted by atomic mass is 35.5.